The second-order valence-electron chi connectivity index (χ2n) is 25.4. The highest BCUT2D eigenvalue weighted by atomic mass is 28.3. The van der Waals surface area contributed by atoms with E-state index in [9.17, 15) is 0 Å². The van der Waals surface area contributed by atoms with Gasteiger partial charge in [-0.15, -0.1) is 0 Å². The van der Waals surface area contributed by atoms with Crippen molar-refractivity contribution in [3.63, 3.8) is 0 Å². The highest BCUT2D eigenvalue weighted by molar-refractivity contribution is 7.20. The normalized spacial score (nSPS) is 13.7. The van der Waals surface area contributed by atoms with Crippen LogP contribution in [0.25, 0.3) is 27.5 Å². The molecule has 10 aromatic rings. The number of hydrogen-bond acceptors (Lipinski definition) is 2. The monoisotopic (exact) mass is 993 g/mol. The van der Waals surface area contributed by atoms with Gasteiger partial charge < -0.3 is 14.2 Å². The van der Waals surface area contributed by atoms with E-state index in [0.29, 0.717) is 0 Å². The molecule has 0 atom stereocenters. The first-order chi connectivity index (χ1) is 35.7. The van der Waals surface area contributed by atoms with E-state index in [1.807, 2.05) is 0 Å². The van der Waals surface area contributed by atoms with Gasteiger partial charge in [0.1, 0.15) is 11.5 Å². The van der Waals surface area contributed by atoms with Gasteiger partial charge in [0.15, 0.2) is 8.07 Å². The minimum absolute atomic E-state index is 0.0117. The predicted octanol–water partition coefficient (Wildman–Crippen LogP) is 13.8. The molecular formula is C70H69BN2OSi. The first-order valence-corrected chi connectivity index (χ1v) is 29.0. The summed E-state index contributed by atoms with van der Waals surface area (Å²) in [7, 11) is -2.94. The Morgan fingerprint density at radius 2 is 0.880 bits per heavy atom. The van der Waals surface area contributed by atoms with Crippen LogP contribution in [0, 0.1) is 0 Å². The molecule has 0 saturated heterocycles. The first-order valence-electron chi connectivity index (χ1n) is 27.0. The standard InChI is InChI=1S/C70H69BN2OSi/c1-67(2,3)46-32-38-59-54(40-46)55-41-47(68(4,5)6)33-39-60(55)72(59)49-34-36-58-64(44-49)74-65-43-48(69(7,8)9)42-63-66(65)71(58)57-37-35-53(45-62(57)73(63)61-31-23-22-30-56(61)70(10,11)12)75(50-24-16-13-17-25-50,51-26-18-14-19-27-51)52-28-20-15-21-29-52/h13-45H,1-12H3. The van der Waals surface area contributed by atoms with Crippen molar-refractivity contribution in [3.05, 3.63) is 222 Å². The van der Waals surface area contributed by atoms with Crippen LogP contribution in [0.4, 0.5) is 17.1 Å². The molecule has 9 aromatic carbocycles. The number of hydrogen-bond donors (Lipinski definition) is 0. The fourth-order valence-corrected chi connectivity index (χ4v) is 17.2. The summed E-state index contributed by atoms with van der Waals surface area (Å²) < 4.78 is 9.93. The number of ether oxygens (including phenoxy) is 1. The summed E-state index contributed by atoms with van der Waals surface area (Å²) in [5.74, 6) is 1.82. The molecule has 0 saturated carbocycles. The lowest BCUT2D eigenvalue weighted by atomic mass is 9.34. The van der Waals surface area contributed by atoms with E-state index in [-0.39, 0.29) is 28.4 Å². The van der Waals surface area contributed by atoms with Crippen LogP contribution in [0.5, 0.6) is 11.5 Å². The minimum Gasteiger partial charge on any atom is -0.458 e. The summed E-state index contributed by atoms with van der Waals surface area (Å²) in [6.07, 6.45) is 0. The zero-order valence-corrected chi connectivity index (χ0v) is 46.9. The Morgan fingerprint density at radius 3 is 1.40 bits per heavy atom. The largest absolute Gasteiger partial charge is 0.458 e. The van der Waals surface area contributed by atoms with Gasteiger partial charge in [-0.1, -0.05) is 223 Å². The van der Waals surface area contributed by atoms with E-state index >= 15 is 0 Å². The third kappa shape index (κ3) is 7.91. The Bertz CT molecular complexity index is 3680. The van der Waals surface area contributed by atoms with Crippen molar-refractivity contribution < 1.29 is 4.74 Å². The third-order valence-electron chi connectivity index (χ3n) is 16.4. The third-order valence-corrected chi connectivity index (χ3v) is 21.2. The first kappa shape index (κ1) is 48.6. The van der Waals surface area contributed by atoms with Gasteiger partial charge in [-0.05, 0) is 136 Å². The molecule has 0 unspecified atom stereocenters. The molecule has 0 amide bonds. The number of fused-ring (bicyclic) bond motifs is 7. The van der Waals surface area contributed by atoms with Crippen molar-refractivity contribution >= 4 is 90.8 Å². The molecule has 0 bridgehead atoms. The van der Waals surface area contributed by atoms with Crippen molar-refractivity contribution in [2.75, 3.05) is 4.90 Å². The summed E-state index contributed by atoms with van der Waals surface area (Å²) in [6, 6.07) is 76.7. The molecular weight excluding hydrogens is 924 g/mol. The van der Waals surface area contributed by atoms with Crippen molar-refractivity contribution in [2.45, 2.75) is 105 Å². The summed E-state index contributed by atoms with van der Waals surface area (Å²) in [5.41, 5.74) is 15.7. The van der Waals surface area contributed by atoms with Gasteiger partial charge in [-0.3, -0.25) is 0 Å². The smallest absolute Gasteiger partial charge is 0.256 e. The van der Waals surface area contributed by atoms with Gasteiger partial charge in [0.25, 0.3) is 6.71 Å². The summed E-state index contributed by atoms with van der Waals surface area (Å²) in [5, 5.41) is 7.97. The maximum atomic E-state index is 7.47. The molecule has 372 valence electrons. The van der Waals surface area contributed by atoms with Crippen molar-refractivity contribution in [1.29, 1.82) is 0 Å². The van der Waals surface area contributed by atoms with Gasteiger partial charge >= 0.3 is 0 Å². The second-order valence-corrected chi connectivity index (χ2v) is 29.2. The molecule has 0 radical (unpaired) electrons. The number of nitrogens with zero attached hydrogens (tertiary/aromatic N) is 2. The zero-order chi connectivity index (χ0) is 52.4. The fourth-order valence-electron chi connectivity index (χ4n) is 12.4. The second kappa shape index (κ2) is 17.4. The van der Waals surface area contributed by atoms with E-state index in [2.05, 4.69) is 293 Å². The highest BCUT2D eigenvalue weighted by Crippen LogP contribution is 2.47. The Balaban J connectivity index is 1.15. The maximum absolute atomic E-state index is 7.47. The number of rotatable bonds is 6. The van der Waals surface area contributed by atoms with Crippen LogP contribution in [0.1, 0.15) is 105 Å². The predicted molar refractivity (Wildman–Crippen MR) is 325 cm³/mol. The number of benzene rings is 9. The lowest BCUT2D eigenvalue weighted by molar-refractivity contribution is 0.483. The van der Waals surface area contributed by atoms with Crippen LogP contribution < -0.4 is 46.8 Å². The van der Waals surface area contributed by atoms with Crippen LogP contribution in [-0.2, 0) is 21.7 Å². The van der Waals surface area contributed by atoms with E-state index in [0.717, 1.165) is 17.2 Å². The van der Waals surface area contributed by atoms with Crippen LogP contribution >= 0.6 is 0 Å². The van der Waals surface area contributed by atoms with E-state index in [1.54, 1.807) is 0 Å². The lowest BCUT2D eigenvalue weighted by Gasteiger charge is -2.43. The molecule has 3 heterocycles. The average Bonchev–Trinajstić information content (AvgIpc) is 3.78. The molecule has 2 aliphatic heterocycles. The molecule has 75 heavy (non-hydrogen) atoms. The van der Waals surface area contributed by atoms with E-state index < -0.39 is 8.07 Å². The van der Waals surface area contributed by atoms with Crippen LogP contribution in [0.2, 0.25) is 0 Å². The Kier molecular flexibility index (Phi) is 11.2. The van der Waals surface area contributed by atoms with Gasteiger partial charge in [-0.25, -0.2) is 0 Å². The maximum Gasteiger partial charge on any atom is 0.256 e. The fraction of sp³-hybridized carbons (Fsp3) is 0.229. The molecule has 0 aliphatic carbocycles. The number of para-hydroxylation sites is 1. The van der Waals surface area contributed by atoms with Gasteiger partial charge in [0.2, 0.25) is 0 Å². The molecule has 0 fully saturated rings. The Labute approximate surface area is 447 Å². The Morgan fingerprint density at radius 1 is 0.373 bits per heavy atom. The quantitative estimate of drug-likeness (QED) is 0.122. The summed E-state index contributed by atoms with van der Waals surface area (Å²) in [6.45, 7) is 27.8. The van der Waals surface area contributed by atoms with Crippen LogP contribution in [0.3, 0.4) is 0 Å². The number of anilines is 3. The molecule has 5 heteroatoms. The molecule has 0 N–H and O–H groups in total. The topological polar surface area (TPSA) is 17.4 Å². The van der Waals surface area contributed by atoms with Crippen LogP contribution in [-0.4, -0.2) is 19.4 Å². The van der Waals surface area contributed by atoms with Crippen LogP contribution in [0.15, 0.2) is 200 Å². The average molecular weight is 993 g/mol. The highest BCUT2D eigenvalue weighted by Gasteiger charge is 2.47. The van der Waals surface area contributed by atoms with Crippen molar-refractivity contribution in [3.8, 4) is 17.2 Å². The number of aromatic nitrogens is 1. The SMILES string of the molecule is CC(C)(C)c1cc2c3c(c1)N(c1ccccc1C(C)(C)C)c1cc([Si](c4ccccc4)(c4ccccc4)c4ccccc4)ccc1B3c1ccc(-n3c4ccc(C(C)(C)C)cc4c4cc(C(C)(C)C)ccc43)cc1O2. The van der Waals surface area contributed by atoms with Gasteiger partial charge in [0.05, 0.1) is 11.0 Å². The molecule has 0 spiro atoms. The lowest BCUT2D eigenvalue weighted by Crippen LogP contribution is -2.75. The zero-order valence-electron chi connectivity index (χ0n) is 45.9. The van der Waals surface area contributed by atoms with Gasteiger partial charge in [-0.2, -0.15) is 0 Å². The molecule has 1 aromatic heterocycles. The van der Waals surface area contributed by atoms with Crippen molar-refractivity contribution in [2.24, 2.45) is 0 Å². The Hall–Kier alpha value is -7.34. The van der Waals surface area contributed by atoms with E-state index in [1.165, 1.54) is 98.3 Å². The summed E-state index contributed by atoms with van der Waals surface area (Å²) >= 11 is 0. The van der Waals surface area contributed by atoms with Gasteiger partial charge in [0, 0.05) is 39.6 Å². The molecule has 3 nitrogen and oxygen atoms in total. The van der Waals surface area contributed by atoms with E-state index in [4.69, 9.17) is 4.74 Å². The molecule has 12 rings (SSSR count). The summed E-state index contributed by atoms with van der Waals surface area (Å²) in [4.78, 5) is 2.61. The minimum atomic E-state index is -2.94. The molecule has 2 aliphatic rings. The van der Waals surface area contributed by atoms with Crippen molar-refractivity contribution in [1.82, 2.24) is 4.57 Å².